The molecule has 0 aliphatic rings. The number of hydrogen-bond donors (Lipinski definition) is 1. The molecule has 0 aliphatic carbocycles. The molecule has 1 heterocycles. The van der Waals surface area contributed by atoms with Crippen LogP contribution in [0.2, 0.25) is 0 Å². The van der Waals surface area contributed by atoms with Gasteiger partial charge in [0.2, 0.25) is 5.91 Å². The fourth-order valence-electron chi connectivity index (χ4n) is 1.86. The maximum absolute atomic E-state index is 13.6. The SMILES string of the molecule is CN(C(=O)Cn1cccc1C(=O)O)c1ccccc1F. The molecule has 0 bridgehead atoms. The van der Waals surface area contributed by atoms with Crippen LogP contribution in [0.5, 0.6) is 0 Å². The lowest BCUT2D eigenvalue weighted by molar-refractivity contribution is -0.118. The molecule has 0 atom stereocenters. The van der Waals surface area contributed by atoms with Crippen LogP contribution in [0, 0.1) is 5.82 Å². The largest absolute Gasteiger partial charge is 0.477 e. The van der Waals surface area contributed by atoms with Crippen molar-refractivity contribution in [3.63, 3.8) is 0 Å². The van der Waals surface area contributed by atoms with Crippen LogP contribution in [-0.4, -0.2) is 28.6 Å². The highest BCUT2D eigenvalue weighted by molar-refractivity contribution is 5.93. The van der Waals surface area contributed by atoms with Gasteiger partial charge in [-0.1, -0.05) is 12.1 Å². The molecule has 2 rings (SSSR count). The molecular weight excluding hydrogens is 263 g/mol. The number of anilines is 1. The number of carboxylic acids is 1. The molecule has 0 unspecified atom stereocenters. The van der Waals surface area contributed by atoms with E-state index >= 15 is 0 Å². The first-order valence-corrected chi connectivity index (χ1v) is 5.90. The number of aromatic carboxylic acids is 1. The summed E-state index contributed by atoms with van der Waals surface area (Å²) in [5, 5.41) is 8.96. The Kier molecular flexibility index (Phi) is 3.84. The van der Waals surface area contributed by atoms with E-state index < -0.39 is 17.7 Å². The maximum Gasteiger partial charge on any atom is 0.352 e. The molecule has 0 spiro atoms. The highest BCUT2D eigenvalue weighted by atomic mass is 19.1. The van der Waals surface area contributed by atoms with Crippen molar-refractivity contribution < 1.29 is 19.1 Å². The highest BCUT2D eigenvalue weighted by Gasteiger charge is 2.17. The Hall–Kier alpha value is -2.63. The summed E-state index contributed by atoms with van der Waals surface area (Å²) in [5.41, 5.74) is 0.168. The first-order valence-electron chi connectivity index (χ1n) is 5.90. The van der Waals surface area contributed by atoms with Crippen molar-refractivity contribution in [3.05, 3.63) is 54.1 Å². The standard InChI is InChI=1S/C14H13FN2O3/c1-16(11-6-3-2-5-10(11)15)13(18)9-17-8-4-7-12(17)14(19)20/h2-8H,9H2,1H3,(H,19,20). The lowest BCUT2D eigenvalue weighted by Crippen LogP contribution is -2.31. The summed E-state index contributed by atoms with van der Waals surface area (Å²) >= 11 is 0. The van der Waals surface area contributed by atoms with Gasteiger partial charge in [-0.05, 0) is 24.3 Å². The molecule has 1 N–H and O–H groups in total. The van der Waals surface area contributed by atoms with Gasteiger partial charge in [0.25, 0.3) is 0 Å². The zero-order valence-electron chi connectivity index (χ0n) is 10.8. The fraction of sp³-hybridized carbons (Fsp3) is 0.143. The van der Waals surface area contributed by atoms with Gasteiger partial charge in [0.15, 0.2) is 0 Å². The Balaban J connectivity index is 2.18. The second-order valence-electron chi connectivity index (χ2n) is 4.23. The summed E-state index contributed by atoms with van der Waals surface area (Å²) in [4.78, 5) is 24.2. The van der Waals surface area contributed by atoms with E-state index in [0.29, 0.717) is 0 Å². The molecule has 1 amide bonds. The first kappa shape index (κ1) is 13.8. The Morgan fingerprint density at radius 1 is 1.25 bits per heavy atom. The van der Waals surface area contributed by atoms with E-state index in [-0.39, 0.29) is 17.9 Å². The number of benzene rings is 1. The number of carbonyl (C=O) groups excluding carboxylic acids is 1. The number of likely N-dealkylation sites (N-methyl/N-ethyl adjacent to an activating group) is 1. The van der Waals surface area contributed by atoms with Crippen molar-refractivity contribution in [2.24, 2.45) is 0 Å². The van der Waals surface area contributed by atoms with Gasteiger partial charge in [0.05, 0.1) is 5.69 Å². The van der Waals surface area contributed by atoms with Crippen LogP contribution in [0.25, 0.3) is 0 Å². The van der Waals surface area contributed by atoms with Crippen molar-refractivity contribution in [3.8, 4) is 0 Å². The van der Waals surface area contributed by atoms with Gasteiger partial charge in [-0.2, -0.15) is 0 Å². The average Bonchev–Trinajstić information content (AvgIpc) is 2.86. The molecule has 0 aliphatic heterocycles. The zero-order chi connectivity index (χ0) is 14.7. The third-order valence-electron chi connectivity index (χ3n) is 2.94. The average molecular weight is 276 g/mol. The predicted octanol–water partition coefficient (Wildman–Crippen LogP) is 1.99. The Morgan fingerprint density at radius 3 is 2.60 bits per heavy atom. The Bertz CT molecular complexity index is 651. The first-order chi connectivity index (χ1) is 9.50. The van der Waals surface area contributed by atoms with Crippen LogP contribution in [0.3, 0.4) is 0 Å². The minimum atomic E-state index is -1.11. The fourth-order valence-corrected chi connectivity index (χ4v) is 1.86. The highest BCUT2D eigenvalue weighted by Crippen LogP contribution is 2.17. The summed E-state index contributed by atoms with van der Waals surface area (Å²) in [6.45, 7) is -0.167. The van der Waals surface area contributed by atoms with Crippen LogP contribution < -0.4 is 4.90 Å². The van der Waals surface area contributed by atoms with E-state index in [9.17, 15) is 14.0 Å². The topological polar surface area (TPSA) is 62.5 Å². The number of rotatable bonds is 4. The van der Waals surface area contributed by atoms with Crippen LogP contribution in [0.1, 0.15) is 10.5 Å². The van der Waals surface area contributed by atoms with E-state index in [4.69, 9.17) is 5.11 Å². The molecule has 2 aromatic rings. The third-order valence-corrected chi connectivity index (χ3v) is 2.94. The van der Waals surface area contributed by atoms with Crippen molar-refractivity contribution >= 4 is 17.6 Å². The number of nitrogens with zero attached hydrogens (tertiary/aromatic N) is 2. The smallest absolute Gasteiger partial charge is 0.352 e. The normalized spacial score (nSPS) is 10.3. The molecule has 1 aromatic carbocycles. The molecule has 20 heavy (non-hydrogen) atoms. The summed E-state index contributed by atoms with van der Waals surface area (Å²) in [6, 6.07) is 8.85. The van der Waals surface area contributed by atoms with Gasteiger partial charge in [0, 0.05) is 13.2 Å². The van der Waals surface area contributed by atoms with Gasteiger partial charge in [-0.15, -0.1) is 0 Å². The van der Waals surface area contributed by atoms with Crippen LogP contribution in [0.15, 0.2) is 42.6 Å². The number of para-hydroxylation sites is 1. The molecule has 1 aromatic heterocycles. The molecule has 5 nitrogen and oxygen atoms in total. The maximum atomic E-state index is 13.6. The number of carboxylic acid groups (broad SMARTS) is 1. The van der Waals surface area contributed by atoms with Gasteiger partial charge in [0.1, 0.15) is 18.1 Å². The number of carbonyl (C=O) groups is 2. The summed E-state index contributed by atoms with van der Waals surface area (Å²) in [6.07, 6.45) is 1.50. The lowest BCUT2D eigenvalue weighted by atomic mass is 10.3. The van der Waals surface area contributed by atoms with Crippen molar-refractivity contribution in [2.45, 2.75) is 6.54 Å². The van der Waals surface area contributed by atoms with E-state index in [1.165, 1.54) is 47.0 Å². The number of aromatic nitrogens is 1. The second kappa shape index (κ2) is 5.56. The summed E-state index contributed by atoms with van der Waals surface area (Å²) in [5.74, 6) is -2.03. The Labute approximate surface area is 114 Å². The van der Waals surface area contributed by atoms with Gasteiger partial charge < -0.3 is 14.6 Å². The predicted molar refractivity (Wildman–Crippen MR) is 71.2 cm³/mol. The van der Waals surface area contributed by atoms with Crippen LogP contribution in [-0.2, 0) is 11.3 Å². The van der Waals surface area contributed by atoms with E-state index in [0.717, 1.165) is 0 Å². The summed E-state index contributed by atoms with van der Waals surface area (Å²) < 4.78 is 14.9. The zero-order valence-corrected chi connectivity index (χ0v) is 10.8. The van der Waals surface area contributed by atoms with E-state index in [2.05, 4.69) is 0 Å². The van der Waals surface area contributed by atoms with Crippen molar-refractivity contribution in [1.82, 2.24) is 4.57 Å². The van der Waals surface area contributed by atoms with E-state index in [1.807, 2.05) is 0 Å². The second-order valence-corrected chi connectivity index (χ2v) is 4.23. The Morgan fingerprint density at radius 2 is 1.95 bits per heavy atom. The molecule has 0 saturated heterocycles. The number of hydrogen-bond acceptors (Lipinski definition) is 2. The van der Waals surface area contributed by atoms with Crippen molar-refractivity contribution in [1.29, 1.82) is 0 Å². The quantitative estimate of drug-likeness (QED) is 0.928. The van der Waals surface area contributed by atoms with Crippen molar-refractivity contribution in [2.75, 3.05) is 11.9 Å². The van der Waals surface area contributed by atoms with Gasteiger partial charge in [-0.3, -0.25) is 4.79 Å². The molecule has 0 fully saturated rings. The number of halogens is 1. The van der Waals surface area contributed by atoms with Gasteiger partial charge >= 0.3 is 5.97 Å². The minimum Gasteiger partial charge on any atom is -0.477 e. The van der Waals surface area contributed by atoms with Crippen LogP contribution >= 0.6 is 0 Å². The monoisotopic (exact) mass is 276 g/mol. The summed E-state index contributed by atoms with van der Waals surface area (Å²) in [7, 11) is 1.45. The van der Waals surface area contributed by atoms with Gasteiger partial charge in [-0.25, -0.2) is 9.18 Å². The number of amides is 1. The molecule has 0 radical (unpaired) electrons. The molecule has 0 saturated carbocycles. The van der Waals surface area contributed by atoms with Crippen LogP contribution in [0.4, 0.5) is 10.1 Å². The van der Waals surface area contributed by atoms with E-state index in [1.54, 1.807) is 12.1 Å². The minimum absolute atomic E-state index is 0.0142. The third kappa shape index (κ3) is 2.69. The molecule has 6 heteroatoms. The molecular formula is C14H13FN2O3. The lowest BCUT2D eigenvalue weighted by Gasteiger charge is -2.18. The molecule has 104 valence electrons.